The Kier molecular flexibility index (Phi) is 3.48. The summed E-state index contributed by atoms with van der Waals surface area (Å²) in [6.07, 6.45) is 1.78. The molecule has 1 saturated carbocycles. The molecule has 17 heavy (non-hydrogen) atoms. The van der Waals surface area contributed by atoms with Gasteiger partial charge in [0.25, 0.3) is 5.91 Å². The van der Waals surface area contributed by atoms with Crippen LogP contribution in [0.5, 0.6) is 0 Å². The fraction of sp³-hybridized carbons (Fsp3) is 0.500. The van der Waals surface area contributed by atoms with Crippen LogP contribution >= 0.6 is 0 Å². The van der Waals surface area contributed by atoms with Gasteiger partial charge in [0.1, 0.15) is 0 Å². The van der Waals surface area contributed by atoms with E-state index in [0.29, 0.717) is 18.0 Å². The Morgan fingerprint density at radius 2 is 2.18 bits per heavy atom. The monoisotopic (exact) mass is 233 g/mol. The van der Waals surface area contributed by atoms with Gasteiger partial charge < -0.3 is 10.4 Å². The highest BCUT2D eigenvalue weighted by Gasteiger charge is 2.29. The Labute approximate surface area is 102 Å². The summed E-state index contributed by atoms with van der Waals surface area (Å²) in [4.78, 5) is 11.9. The molecule has 2 rings (SSSR count). The Bertz CT molecular complexity index is 424. The fourth-order valence-electron chi connectivity index (χ4n) is 1.92. The van der Waals surface area contributed by atoms with E-state index in [-0.39, 0.29) is 12.0 Å². The van der Waals surface area contributed by atoms with Crippen LogP contribution in [0.1, 0.15) is 34.3 Å². The second-order valence-corrected chi connectivity index (χ2v) is 4.93. The number of aryl methyl sites for hydroxylation is 2. The molecule has 1 atom stereocenters. The molecule has 1 amide bonds. The van der Waals surface area contributed by atoms with E-state index in [1.807, 2.05) is 32.0 Å². The van der Waals surface area contributed by atoms with Gasteiger partial charge in [0, 0.05) is 12.1 Å². The zero-order chi connectivity index (χ0) is 12.4. The predicted octanol–water partition coefficient (Wildman–Crippen LogP) is 1.80. The Hall–Kier alpha value is -1.35. The molecule has 0 bridgehead atoms. The minimum Gasteiger partial charge on any atom is -0.391 e. The largest absolute Gasteiger partial charge is 0.391 e. The fourth-order valence-corrected chi connectivity index (χ4v) is 1.92. The van der Waals surface area contributed by atoms with E-state index >= 15 is 0 Å². The molecule has 0 aromatic heterocycles. The lowest BCUT2D eigenvalue weighted by molar-refractivity contribution is 0.0900. The molecule has 1 aliphatic carbocycles. The molecule has 1 unspecified atom stereocenters. The molecular formula is C14H19NO2. The smallest absolute Gasteiger partial charge is 0.251 e. The molecule has 0 spiro atoms. The number of benzene rings is 1. The summed E-state index contributed by atoms with van der Waals surface area (Å²) in [7, 11) is 0. The van der Waals surface area contributed by atoms with Crippen molar-refractivity contribution in [1.29, 1.82) is 0 Å². The van der Waals surface area contributed by atoms with E-state index in [1.165, 1.54) is 0 Å². The number of aliphatic hydroxyl groups excluding tert-OH is 1. The van der Waals surface area contributed by atoms with E-state index in [9.17, 15) is 9.90 Å². The number of aliphatic hydroxyl groups is 1. The van der Waals surface area contributed by atoms with Gasteiger partial charge in [0.2, 0.25) is 0 Å². The zero-order valence-corrected chi connectivity index (χ0v) is 10.4. The number of hydrogen-bond donors (Lipinski definition) is 2. The van der Waals surface area contributed by atoms with Crippen LogP contribution < -0.4 is 5.32 Å². The van der Waals surface area contributed by atoms with Gasteiger partial charge in [-0.2, -0.15) is 0 Å². The number of amides is 1. The van der Waals surface area contributed by atoms with Crippen LogP contribution in [0.15, 0.2) is 18.2 Å². The van der Waals surface area contributed by atoms with Gasteiger partial charge in [-0.25, -0.2) is 0 Å². The molecule has 1 aromatic rings. The summed E-state index contributed by atoms with van der Waals surface area (Å²) in [6, 6.07) is 5.82. The highest BCUT2D eigenvalue weighted by atomic mass is 16.3. The molecule has 0 aliphatic heterocycles. The number of carbonyl (C=O) groups excluding carboxylic acids is 1. The van der Waals surface area contributed by atoms with E-state index in [4.69, 9.17) is 0 Å². The van der Waals surface area contributed by atoms with Crippen LogP contribution in [0.2, 0.25) is 0 Å². The van der Waals surface area contributed by atoms with Crippen LogP contribution in [0.3, 0.4) is 0 Å². The second-order valence-electron chi connectivity index (χ2n) is 4.93. The van der Waals surface area contributed by atoms with Crippen molar-refractivity contribution in [3.63, 3.8) is 0 Å². The second kappa shape index (κ2) is 4.88. The number of hydrogen-bond acceptors (Lipinski definition) is 2. The van der Waals surface area contributed by atoms with Gasteiger partial charge in [-0.1, -0.05) is 17.7 Å². The van der Waals surface area contributed by atoms with Crippen LogP contribution in [0.4, 0.5) is 0 Å². The van der Waals surface area contributed by atoms with Gasteiger partial charge in [0.05, 0.1) is 6.10 Å². The minimum atomic E-state index is -0.385. The molecule has 0 saturated heterocycles. The quantitative estimate of drug-likeness (QED) is 0.833. The first-order chi connectivity index (χ1) is 8.08. The summed E-state index contributed by atoms with van der Waals surface area (Å²) in [5.74, 6) is 0.305. The predicted molar refractivity (Wildman–Crippen MR) is 67.0 cm³/mol. The first-order valence-corrected chi connectivity index (χ1v) is 6.11. The van der Waals surface area contributed by atoms with E-state index in [2.05, 4.69) is 5.32 Å². The van der Waals surface area contributed by atoms with Crippen molar-refractivity contribution in [2.45, 2.75) is 32.8 Å². The summed E-state index contributed by atoms with van der Waals surface area (Å²) < 4.78 is 0. The van der Waals surface area contributed by atoms with Gasteiger partial charge in [-0.15, -0.1) is 0 Å². The molecule has 1 fully saturated rings. The van der Waals surface area contributed by atoms with Crippen molar-refractivity contribution in [1.82, 2.24) is 5.32 Å². The Morgan fingerprint density at radius 1 is 1.47 bits per heavy atom. The normalized spacial score (nSPS) is 16.6. The maximum Gasteiger partial charge on any atom is 0.251 e. The SMILES string of the molecule is Cc1ccc(C)c(C(=O)NCC(O)C2CC2)c1. The molecule has 2 N–H and O–H groups in total. The van der Waals surface area contributed by atoms with E-state index in [1.54, 1.807) is 0 Å². The molecular weight excluding hydrogens is 214 g/mol. The van der Waals surface area contributed by atoms with Crippen LogP contribution in [-0.4, -0.2) is 23.7 Å². The molecule has 3 heteroatoms. The first kappa shape index (κ1) is 12.1. The van der Waals surface area contributed by atoms with Gasteiger partial charge in [-0.05, 0) is 44.2 Å². The average Bonchev–Trinajstić information content (AvgIpc) is 3.12. The van der Waals surface area contributed by atoms with Crippen molar-refractivity contribution in [3.05, 3.63) is 34.9 Å². The minimum absolute atomic E-state index is 0.0918. The van der Waals surface area contributed by atoms with Crippen molar-refractivity contribution in [2.24, 2.45) is 5.92 Å². The molecule has 0 radical (unpaired) electrons. The van der Waals surface area contributed by atoms with Crippen molar-refractivity contribution in [3.8, 4) is 0 Å². The molecule has 92 valence electrons. The van der Waals surface area contributed by atoms with Gasteiger partial charge >= 0.3 is 0 Å². The first-order valence-electron chi connectivity index (χ1n) is 6.11. The number of nitrogens with one attached hydrogen (secondary N) is 1. The molecule has 1 aromatic carbocycles. The van der Waals surface area contributed by atoms with Crippen molar-refractivity contribution in [2.75, 3.05) is 6.54 Å². The van der Waals surface area contributed by atoms with Crippen molar-refractivity contribution >= 4 is 5.91 Å². The van der Waals surface area contributed by atoms with Crippen LogP contribution in [0.25, 0.3) is 0 Å². The van der Waals surface area contributed by atoms with Crippen molar-refractivity contribution < 1.29 is 9.90 Å². The number of carbonyl (C=O) groups is 1. The van der Waals surface area contributed by atoms with Gasteiger partial charge in [0.15, 0.2) is 0 Å². The average molecular weight is 233 g/mol. The van der Waals surface area contributed by atoms with Gasteiger partial charge in [-0.3, -0.25) is 4.79 Å². The Morgan fingerprint density at radius 3 is 2.82 bits per heavy atom. The maximum atomic E-state index is 11.9. The van der Waals surface area contributed by atoms with E-state index < -0.39 is 0 Å². The third-order valence-corrected chi connectivity index (χ3v) is 3.28. The maximum absolute atomic E-state index is 11.9. The summed E-state index contributed by atoms with van der Waals surface area (Å²) in [6.45, 7) is 4.25. The lowest BCUT2D eigenvalue weighted by Crippen LogP contribution is -2.33. The highest BCUT2D eigenvalue weighted by Crippen LogP contribution is 2.32. The van der Waals surface area contributed by atoms with E-state index in [0.717, 1.165) is 24.0 Å². The third kappa shape index (κ3) is 3.07. The standard InChI is InChI=1S/C14H19NO2/c1-9-3-4-10(2)12(7-9)14(17)15-8-13(16)11-5-6-11/h3-4,7,11,13,16H,5-6,8H2,1-2H3,(H,15,17). The molecule has 3 nitrogen and oxygen atoms in total. The zero-order valence-electron chi connectivity index (χ0n) is 10.4. The third-order valence-electron chi connectivity index (χ3n) is 3.28. The van der Waals surface area contributed by atoms with Crippen LogP contribution in [-0.2, 0) is 0 Å². The number of rotatable bonds is 4. The molecule has 0 heterocycles. The van der Waals surface area contributed by atoms with Crippen LogP contribution in [0, 0.1) is 19.8 Å². The summed E-state index contributed by atoms with van der Waals surface area (Å²) >= 11 is 0. The summed E-state index contributed by atoms with van der Waals surface area (Å²) in [5.41, 5.74) is 2.74. The summed E-state index contributed by atoms with van der Waals surface area (Å²) in [5, 5.41) is 12.5. The lowest BCUT2D eigenvalue weighted by Gasteiger charge is -2.12. The lowest BCUT2D eigenvalue weighted by atomic mass is 10.0. The highest BCUT2D eigenvalue weighted by molar-refractivity contribution is 5.95. The molecule has 1 aliphatic rings. The topological polar surface area (TPSA) is 49.3 Å². The Balaban J connectivity index is 1.96.